The monoisotopic (exact) mass is 267 g/mol. The maximum absolute atomic E-state index is 11.6. The molecule has 0 fully saturated rings. The van der Waals surface area contributed by atoms with E-state index in [-0.39, 0.29) is 5.56 Å². The van der Waals surface area contributed by atoms with Crippen molar-refractivity contribution in [3.05, 3.63) is 41.6 Å². The first-order valence-corrected chi connectivity index (χ1v) is 5.77. The molecule has 0 aromatic heterocycles. The predicted octanol–water partition coefficient (Wildman–Crippen LogP) is 2.04. The van der Waals surface area contributed by atoms with Gasteiger partial charge in [-0.25, -0.2) is 9.78 Å². The molecule has 6 nitrogen and oxygen atoms in total. The number of esters is 1. The van der Waals surface area contributed by atoms with E-state index >= 15 is 0 Å². The number of nitrogens with zero attached hydrogens (tertiary/aromatic N) is 3. The quantitative estimate of drug-likeness (QED) is 0.538. The predicted molar refractivity (Wildman–Crippen MR) is 69.6 cm³/mol. The largest absolute Gasteiger partial charge is 0.465 e. The van der Waals surface area contributed by atoms with E-state index in [0.717, 1.165) is 4.73 Å². The number of pyridine rings is 1. The minimum absolute atomic E-state index is 0.208. The van der Waals surface area contributed by atoms with Gasteiger partial charge in [0.25, 0.3) is 0 Å². The van der Waals surface area contributed by atoms with Gasteiger partial charge in [0, 0.05) is 10.9 Å². The van der Waals surface area contributed by atoms with E-state index in [0.29, 0.717) is 27.9 Å². The number of nitriles is 1. The summed E-state index contributed by atoms with van der Waals surface area (Å²) in [6, 6.07) is 8.66. The van der Waals surface area contributed by atoms with Crippen LogP contribution in [0.4, 0.5) is 0 Å². The van der Waals surface area contributed by atoms with E-state index < -0.39 is 5.97 Å². The van der Waals surface area contributed by atoms with Gasteiger partial charge >= 0.3 is 5.97 Å². The molecule has 0 saturated heterocycles. The first-order chi connectivity index (χ1) is 9.63. The standard InChI is InChI=1S/C14H9N3O3/c1-20-14(18)9-5-11-10-4-8(6-15)2-3-12(10)16-13(11)17(19)7-9/h2-5,7,19H,1H3. The average molecular weight is 267 g/mol. The van der Waals surface area contributed by atoms with Crippen molar-refractivity contribution in [3.63, 3.8) is 0 Å². The van der Waals surface area contributed by atoms with Crippen molar-refractivity contribution < 1.29 is 14.7 Å². The zero-order valence-electron chi connectivity index (χ0n) is 10.5. The fourth-order valence-electron chi connectivity index (χ4n) is 2.15. The molecular formula is C14H9N3O3. The average Bonchev–Trinajstić information content (AvgIpc) is 2.84. The van der Waals surface area contributed by atoms with Crippen molar-refractivity contribution in [1.82, 2.24) is 9.71 Å². The Labute approximate surface area is 113 Å². The summed E-state index contributed by atoms with van der Waals surface area (Å²) in [5.41, 5.74) is 1.92. The van der Waals surface area contributed by atoms with Gasteiger partial charge in [-0.1, -0.05) is 0 Å². The molecule has 0 atom stereocenters. The zero-order valence-corrected chi connectivity index (χ0v) is 10.5. The summed E-state index contributed by atoms with van der Waals surface area (Å²) in [5, 5.41) is 19.5. The van der Waals surface area contributed by atoms with E-state index in [1.807, 2.05) is 6.07 Å². The number of hydrogen-bond acceptors (Lipinski definition) is 5. The Balaban J connectivity index is 2.36. The van der Waals surface area contributed by atoms with Gasteiger partial charge in [-0.2, -0.15) is 9.99 Å². The lowest BCUT2D eigenvalue weighted by Gasteiger charge is -2.07. The van der Waals surface area contributed by atoms with Crippen molar-refractivity contribution in [2.45, 2.75) is 0 Å². The molecule has 1 aromatic carbocycles. The van der Waals surface area contributed by atoms with Crippen molar-refractivity contribution in [2.24, 2.45) is 0 Å². The maximum atomic E-state index is 11.6. The number of fused-ring (bicyclic) bond motifs is 3. The van der Waals surface area contributed by atoms with E-state index in [1.54, 1.807) is 24.3 Å². The number of carbonyl (C=O) groups excluding carboxylic acids is 1. The number of hydrogen-bond donors (Lipinski definition) is 1. The number of rotatable bonds is 1. The van der Waals surface area contributed by atoms with Crippen LogP contribution in [0.5, 0.6) is 0 Å². The number of ether oxygens (including phenoxy) is 1. The maximum Gasteiger partial charge on any atom is 0.339 e. The molecular weight excluding hydrogens is 258 g/mol. The van der Waals surface area contributed by atoms with E-state index in [1.165, 1.54) is 13.3 Å². The number of carbonyl (C=O) groups is 1. The second-order valence-electron chi connectivity index (χ2n) is 4.26. The summed E-state index contributed by atoms with van der Waals surface area (Å²) in [7, 11) is 1.27. The van der Waals surface area contributed by atoms with Crippen LogP contribution in [0.3, 0.4) is 0 Å². The molecule has 0 bridgehead atoms. The molecule has 2 aliphatic rings. The van der Waals surface area contributed by atoms with Crippen LogP contribution in [-0.4, -0.2) is 28.0 Å². The van der Waals surface area contributed by atoms with Gasteiger partial charge < -0.3 is 9.94 Å². The van der Waals surface area contributed by atoms with Gasteiger partial charge in [0.1, 0.15) is 0 Å². The van der Waals surface area contributed by atoms with Gasteiger partial charge in [-0.3, -0.25) is 0 Å². The fraction of sp³-hybridized carbons (Fsp3) is 0.0714. The Morgan fingerprint density at radius 1 is 1.45 bits per heavy atom. The van der Waals surface area contributed by atoms with Crippen LogP contribution in [0.15, 0.2) is 30.5 Å². The minimum atomic E-state index is -0.555. The lowest BCUT2D eigenvalue weighted by molar-refractivity contribution is 0.0595. The highest BCUT2D eigenvalue weighted by atomic mass is 16.5. The third-order valence-corrected chi connectivity index (χ3v) is 3.08. The SMILES string of the molecule is COC(=O)c1cc2c3cc(C#N)ccc3nc-2n(O)c1. The molecule has 20 heavy (non-hydrogen) atoms. The smallest absolute Gasteiger partial charge is 0.339 e. The Morgan fingerprint density at radius 2 is 2.25 bits per heavy atom. The van der Waals surface area contributed by atoms with Crippen LogP contribution in [0.1, 0.15) is 15.9 Å². The zero-order chi connectivity index (χ0) is 14.3. The summed E-state index contributed by atoms with van der Waals surface area (Å²) < 4.78 is 5.42. The van der Waals surface area contributed by atoms with E-state index in [9.17, 15) is 10.0 Å². The number of methoxy groups -OCH3 is 1. The molecule has 0 aliphatic carbocycles. The van der Waals surface area contributed by atoms with Crippen molar-refractivity contribution in [3.8, 4) is 17.5 Å². The molecule has 0 saturated carbocycles. The summed E-state index contributed by atoms with van der Waals surface area (Å²) in [6.07, 6.45) is 1.24. The highest BCUT2D eigenvalue weighted by molar-refractivity contribution is 6.00. The molecule has 98 valence electrons. The fourth-order valence-corrected chi connectivity index (χ4v) is 2.15. The van der Waals surface area contributed by atoms with Gasteiger partial charge in [0.15, 0.2) is 5.82 Å². The van der Waals surface area contributed by atoms with E-state index in [2.05, 4.69) is 9.72 Å². The highest BCUT2D eigenvalue weighted by Crippen LogP contribution is 2.32. The number of aromatic nitrogens is 2. The third-order valence-electron chi connectivity index (χ3n) is 3.08. The molecule has 2 heterocycles. The van der Waals surface area contributed by atoms with Crippen LogP contribution in [0.25, 0.3) is 22.3 Å². The summed E-state index contributed by atoms with van der Waals surface area (Å²) in [5.74, 6) is -0.233. The lowest BCUT2D eigenvalue weighted by atomic mass is 10.1. The van der Waals surface area contributed by atoms with Crippen LogP contribution in [-0.2, 0) is 4.74 Å². The van der Waals surface area contributed by atoms with Crippen LogP contribution in [0.2, 0.25) is 0 Å². The van der Waals surface area contributed by atoms with Crippen LogP contribution in [0, 0.1) is 11.3 Å². The molecule has 0 spiro atoms. The molecule has 1 aromatic rings. The Morgan fingerprint density at radius 3 is 2.95 bits per heavy atom. The molecule has 3 rings (SSSR count). The Hall–Kier alpha value is -3.07. The third kappa shape index (κ3) is 1.65. The van der Waals surface area contributed by atoms with Gasteiger partial charge in [-0.05, 0) is 24.3 Å². The number of benzene rings is 1. The first kappa shape index (κ1) is 12.0. The molecule has 0 unspecified atom stereocenters. The second kappa shape index (κ2) is 4.24. The summed E-state index contributed by atoms with van der Waals surface area (Å²) in [6.45, 7) is 0. The van der Waals surface area contributed by atoms with Crippen molar-refractivity contribution >= 4 is 16.9 Å². The lowest BCUT2D eigenvalue weighted by Crippen LogP contribution is -2.07. The molecule has 6 heteroatoms. The summed E-state index contributed by atoms with van der Waals surface area (Å²) in [4.78, 5) is 15.8. The van der Waals surface area contributed by atoms with Crippen LogP contribution < -0.4 is 0 Å². The first-order valence-electron chi connectivity index (χ1n) is 5.77. The Kier molecular flexibility index (Phi) is 2.54. The highest BCUT2D eigenvalue weighted by Gasteiger charge is 2.19. The van der Waals surface area contributed by atoms with Gasteiger partial charge in [0.2, 0.25) is 0 Å². The minimum Gasteiger partial charge on any atom is -0.465 e. The molecule has 1 N–H and O–H groups in total. The second-order valence-corrected chi connectivity index (χ2v) is 4.26. The molecule has 0 amide bonds. The molecule has 2 aliphatic heterocycles. The Bertz CT molecular complexity index is 845. The van der Waals surface area contributed by atoms with Crippen LogP contribution >= 0.6 is 0 Å². The summed E-state index contributed by atoms with van der Waals surface area (Å²) >= 11 is 0. The van der Waals surface area contributed by atoms with Crippen molar-refractivity contribution in [2.75, 3.05) is 7.11 Å². The van der Waals surface area contributed by atoms with Gasteiger partial charge in [-0.15, -0.1) is 0 Å². The normalized spacial score (nSPS) is 10.6. The topological polar surface area (TPSA) is 88.1 Å². The molecule has 0 radical (unpaired) electrons. The van der Waals surface area contributed by atoms with Gasteiger partial charge in [0.05, 0.1) is 36.0 Å². The van der Waals surface area contributed by atoms with Crippen molar-refractivity contribution in [1.29, 1.82) is 5.26 Å². The van der Waals surface area contributed by atoms with E-state index in [4.69, 9.17) is 5.26 Å².